The van der Waals surface area contributed by atoms with Crippen LogP contribution in [-0.2, 0) is 0 Å². The van der Waals surface area contributed by atoms with Gasteiger partial charge in [0.25, 0.3) is 5.56 Å². The summed E-state index contributed by atoms with van der Waals surface area (Å²) in [5.74, 6) is 0. The predicted molar refractivity (Wildman–Crippen MR) is 98.6 cm³/mol. The average Bonchev–Trinajstić information content (AvgIpc) is 3.12. The molecule has 2 aromatic carbocycles. The largest absolute Gasteiger partial charge is 0.295 e. The van der Waals surface area contributed by atoms with Crippen molar-refractivity contribution < 1.29 is 0 Å². The molecule has 1 aliphatic rings. The van der Waals surface area contributed by atoms with E-state index < -0.39 is 0 Å². The summed E-state index contributed by atoms with van der Waals surface area (Å²) < 4.78 is 1.52. The average molecular weight is 336 g/mol. The molecule has 24 heavy (non-hydrogen) atoms. The maximum absolute atomic E-state index is 12.8. The molecule has 0 fully saturated rings. The first-order valence-electron chi connectivity index (χ1n) is 7.56. The Bertz CT molecular complexity index is 1040. The molecule has 0 bridgehead atoms. The highest BCUT2D eigenvalue weighted by Gasteiger charge is 2.15. The predicted octanol–water partition coefficient (Wildman–Crippen LogP) is 4.38. The molecule has 1 aliphatic heterocycles. The normalized spacial score (nSPS) is 14.3. The summed E-state index contributed by atoms with van der Waals surface area (Å²) in [5.41, 5.74) is 4.99. The van der Waals surface area contributed by atoms with Crippen LogP contribution in [0.4, 0.5) is 5.69 Å². The number of rotatable bonds is 2. The highest BCUT2D eigenvalue weighted by atomic mass is 35.5. The van der Waals surface area contributed by atoms with Crippen LogP contribution in [0.3, 0.4) is 0 Å². The molecule has 1 N–H and O–H groups in total. The second kappa shape index (κ2) is 5.65. The van der Waals surface area contributed by atoms with Crippen molar-refractivity contribution in [2.75, 3.05) is 0 Å². The van der Waals surface area contributed by atoms with Crippen molar-refractivity contribution in [3.05, 3.63) is 80.7 Å². The van der Waals surface area contributed by atoms with Gasteiger partial charge in [0.05, 0.1) is 16.9 Å². The Morgan fingerprint density at radius 2 is 1.88 bits per heavy atom. The number of aliphatic imine (C=N–C) groups is 1. The zero-order chi connectivity index (χ0) is 16.7. The zero-order valence-electron chi connectivity index (χ0n) is 13.0. The Kier molecular flexibility index (Phi) is 3.47. The number of benzene rings is 2. The zero-order valence-corrected chi connectivity index (χ0v) is 13.7. The molecular formula is C19H14ClN3O. The fraction of sp³-hybridized carbons (Fsp3) is 0.0526. The molecule has 0 aliphatic carbocycles. The van der Waals surface area contributed by atoms with E-state index in [4.69, 9.17) is 11.6 Å². The third kappa shape index (κ3) is 2.41. The van der Waals surface area contributed by atoms with Crippen molar-refractivity contribution in [1.82, 2.24) is 9.78 Å². The number of H-pyrrole nitrogens is 1. The summed E-state index contributed by atoms with van der Waals surface area (Å²) in [6.45, 7) is 1.89. The van der Waals surface area contributed by atoms with Gasteiger partial charge in [-0.2, -0.15) is 0 Å². The Hall–Kier alpha value is -2.85. The Morgan fingerprint density at radius 3 is 2.67 bits per heavy atom. The van der Waals surface area contributed by atoms with Gasteiger partial charge in [0.1, 0.15) is 0 Å². The van der Waals surface area contributed by atoms with Gasteiger partial charge in [0, 0.05) is 28.1 Å². The van der Waals surface area contributed by atoms with Gasteiger partial charge in [-0.15, -0.1) is 0 Å². The lowest BCUT2D eigenvalue weighted by Gasteiger charge is -2.00. The van der Waals surface area contributed by atoms with Crippen LogP contribution in [0.2, 0.25) is 5.02 Å². The first-order chi connectivity index (χ1) is 11.6. The Morgan fingerprint density at radius 1 is 1.12 bits per heavy atom. The molecule has 4 nitrogen and oxygen atoms in total. The summed E-state index contributed by atoms with van der Waals surface area (Å²) in [7, 11) is 0. The van der Waals surface area contributed by atoms with Crippen molar-refractivity contribution in [1.29, 1.82) is 0 Å². The van der Waals surface area contributed by atoms with E-state index in [1.165, 1.54) is 4.68 Å². The van der Waals surface area contributed by atoms with Gasteiger partial charge < -0.3 is 0 Å². The molecule has 0 radical (unpaired) electrons. The maximum Gasteiger partial charge on any atom is 0.278 e. The number of allylic oxidation sites excluding steroid dienone is 1. The molecule has 0 atom stereocenters. The number of aromatic amines is 1. The van der Waals surface area contributed by atoms with Crippen LogP contribution in [0.15, 0.2) is 58.3 Å². The smallest absolute Gasteiger partial charge is 0.278 e. The van der Waals surface area contributed by atoms with Crippen molar-refractivity contribution in [3.63, 3.8) is 0 Å². The summed E-state index contributed by atoms with van der Waals surface area (Å²) >= 11 is 5.92. The van der Waals surface area contributed by atoms with Gasteiger partial charge in [-0.25, -0.2) is 4.68 Å². The fourth-order valence-corrected chi connectivity index (χ4v) is 2.94. The summed E-state index contributed by atoms with van der Waals surface area (Å²) in [4.78, 5) is 17.2. The van der Waals surface area contributed by atoms with Crippen LogP contribution in [-0.4, -0.2) is 16.0 Å². The molecule has 0 saturated heterocycles. The second-order valence-corrected chi connectivity index (χ2v) is 6.08. The summed E-state index contributed by atoms with van der Waals surface area (Å²) in [6, 6.07) is 15.0. The SMILES string of the molecule is Cc1[nH]n(-c2ccc(Cl)cc2)c(=O)c1C=C1C=Nc2ccccc21. The topological polar surface area (TPSA) is 50.1 Å². The van der Waals surface area contributed by atoms with Crippen LogP contribution in [0.5, 0.6) is 0 Å². The van der Waals surface area contributed by atoms with E-state index in [0.29, 0.717) is 10.6 Å². The minimum absolute atomic E-state index is 0.0971. The monoisotopic (exact) mass is 335 g/mol. The van der Waals surface area contributed by atoms with Crippen LogP contribution < -0.4 is 5.56 Å². The lowest BCUT2D eigenvalue weighted by molar-refractivity contribution is 0.835. The van der Waals surface area contributed by atoms with E-state index in [1.807, 2.05) is 49.4 Å². The Labute approximate surface area is 143 Å². The third-order valence-electron chi connectivity index (χ3n) is 4.06. The number of hydrogen-bond donors (Lipinski definition) is 1. The molecule has 0 unspecified atom stereocenters. The number of para-hydroxylation sites is 1. The number of aryl methyl sites for hydroxylation is 1. The third-order valence-corrected chi connectivity index (χ3v) is 4.31. The van der Waals surface area contributed by atoms with Crippen LogP contribution in [0.1, 0.15) is 16.8 Å². The van der Waals surface area contributed by atoms with E-state index in [9.17, 15) is 4.79 Å². The number of fused-ring (bicyclic) bond motifs is 1. The van der Waals surface area contributed by atoms with Crippen molar-refractivity contribution in [2.24, 2.45) is 4.99 Å². The number of aromatic nitrogens is 2. The fourth-order valence-electron chi connectivity index (χ4n) is 2.81. The van der Waals surface area contributed by atoms with Crippen LogP contribution in [0, 0.1) is 6.92 Å². The molecule has 3 aromatic rings. The molecule has 118 valence electrons. The van der Waals surface area contributed by atoms with Gasteiger partial charge in [0.2, 0.25) is 0 Å². The molecular weight excluding hydrogens is 322 g/mol. The first-order valence-corrected chi connectivity index (χ1v) is 7.94. The van der Waals surface area contributed by atoms with E-state index >= 15 is 0 Å². The molecule has 4 rings (SSSR count). The minimum atomic E-state index is -0.0971. The molecule has 0 spiro atoms. The highest BCUT2D eigenvalue weighted by Crippen LogP contribution is 2.32. The van der Waals surface area contributed by atoms with Crippen molar-refractivity contribution in [3.8, 4) is 5.69 Å². The quantitative estimate of drug-likeness (QED) is 0.742. The highest BCUT2D eigenvalue weighted by molar-refractivity contribution is 6.30. The standard InChI is InChI=1S/C19H14ClN3O/c1-12-17(10-13-11-21-18-5-3-2-4-16(13)18)19(24)23(22-12)15-8-6-14(20)7-9-15/h2-11,22H,1H3. The van der Waals surface area contributed by atoms with E-state index in [1.54, 1.807) is 18.3 Å². The lowest BCUT2D eigenvalue weighted by Crippen LogP contribution is -2.15. The molecule has 2 heterocycles. The number of halogens is 1. The van der Waals surface area contributed by atoms with Crippen LogP contribution in [0.25, 0.3) is 17.3 Å². The molecule has 1 aromatic heterocycles. The summed E-state index contributed by atoms with van der Waals surface area (Å²) in [6.07, 6.45) is 3.68. The Balaban J connectivity index is 1.81. The number of nitrogens with zero attached hydrogens (tertiary/aromatic N) is 2. The van der Waals surface area contributed by atoms with Gasteiger partial charge in [-0.1, -0.05) is 29.8 Å². The molecule has 0 amide bonds. The minimum Gasteiger partial charge on any atom is -0.295 e. The van der Waals surface area contributed by atoms with E-state index in [2.05, 4.69) is 10.1 Å². The maximum atomic E-state index is 12.8. The number of nitrogens with one attached hydrogen (secondary N) is 1. The second-order valence-electron chi connectivity index (χ2n) is 5.64. The van der Waals surface area contributed by atoms with Gasteiger partial charge in [-0.3, -0.25) is 14.9 Å². The molecule has 0 saturated carbocycles. The van der Waals surface area contributed by atoms with Gasteiger partial charge in [-0.05, 0) is 43.3 Å². The van der Waals surface area contributed by atoms with E-state index in [-0.39, 0.29) is 5.56 Å². The lowest BCUT2D eigenvalue weighted by atomic mass is 10.0. The number of hydrogen-bond acceptors (Lipinski definition) is 2. The van der Waals surface area contributed by atoms with Crippen molar-refractivity contribution >= 4 is 35.2 Å². The summed E-state index contributed by atoms with van der Waals surface area (Å²) in [5, 5.41) is 3.75. The molecule has 5 heteroatoms. The van der Waals surface area contributed by atoms with E-state index in [0.717, 1.165) is 28.2 Å². The van der Waals surface area contributed by atoms with Crippen LogP contribution >= 0.6 is 11.6 Å². The van der Waals surface area contributed by atoms with Gasteiger partial charge >= 0.3 is 0 Å². The van der Waals surface area contributed by atoms with Gasteiger partial charge in [0.15, 0.2) is 0 Å². The van der Waals surface area contributed by atoms with Crippen molar-refractivity contribution in [2.45, 2.75) is 6.92 Å². The first kappa shape index (κ1) is 14.7.